The highest BCUT2D eigenvalue weighted by Crippen LogP contribution is 2.43. The normalized spacial score (nSPS) is 20.8. The van der Waals surface area contributed by atoms with Crippen LogP contribution in [0.25, 0.3) is 11.0 Å². The summed E-state index contributed by atoms with van der Waals surface area (Å²) in [5.74, 6) is 2.10. The molecule has 32 heavy (non-hydrogen) atoms. The van der Waals surface area contributed by atoms with Crippen LogP contribution in [0.2, 0.25) is 25.7 Å². The van der Waals surface area contributed by atoms with E-state index in [1.807, 2.05) is 24.3 Å². The monoisotopic (exact) mass is 452 g/mol. The third-order valence-corrected chi connectivity index (χ3v) is 7.98. The lowest BCUT2D eigenvalue weighted by Gasteiger charge is -2.31. The molecule has 7 nitrogen and oxygen atoms in total. The van der Waals surface area contributed by atoms with Crippen LogP contribution in [-0.2, 0) is 11.5 Å². The number of anilines is 1. The maximum atomic E-state index is 10.7. The summed E-state index contributed by atoms with van der Waals surface area (Å²) in [6.07, 6.45) is 3.34. The number of ether oxygens (including phenoxy) is 2. The molecule has 2 N–H and O–H groups in total. The lowest BCUT2D eigenvalue weighted by Crippen LogP contribution is -2.35. The Labute approximate surface area is 189 Å². The van der Waals surface area contributed by atoms with Crippen molar-refractivity contribution in [1.82, 2.24) is 14.5 Å². The number of aliphatic hydroxyl groups is 1. The van der Waals surface area contributed by atoms with Gasteiger partial charge < -0.3 is 24.5 Å². The molecule has 3 aromatic rings. The number of nitrogens with zero attached hydrogens (tertiary/aromatic N) is 3. The van der Waals surface area contributed by atoms with Gasteiger partial charge in [0.1, 0.15) is 43.0 Å². The summed E-state index contributed by atoms with van der Waals surface area (Å²) < 4.78 is 14.0. The summed E-state index contributed by atoms with van der Waals surface area (Å²) >= 11 is 0. The van der Waals surface area contributed by atoms with Crippen LogP contribution in [0.5, 0.6) is 5.75 Å². The molecule has 170 valence electrons. The van der Waals surface area contributed by atoms with Gasteiger partial charge in [0, 0.05) is 25.9 Å². The van der Waals surface area contributed by atoms with Gasteiger partial charge in [0.2, 0.25) is 0 Å². The van der Waals surface area contributed by atoms with Crippen LogP contribution in [0, 0.1) is 0 Å². The molecule has 1 saturated carbocycles. The van der Waals surface area contributed by atoms with Gasteiger partial charge in [-0.1, -0.05) is 37.8 Å². The summed E-state index contributed by atoms with van der Waals surface area (Å²) in [6.45, 7) is 8.64. The minimum absolute atomic E-state index is 0.252. The SMILES string of the molecule is C[Si](C)(C)CCOCn1c(C2CC2)cc2c(N[C@H]3c4ccccc4OC[C@@H]3O)ncnc21. The van der Waals surface area contributed by atoms with E-state index in [2.05, 4.69) is 45.6 Å². The number of hydrogen-bond acceptors (Lipinski definition) is 6. The van der Waals surface area contributed by atoms with Gasteiger partial charge in [-0.2, -0.15) is 0 Å². The second-order valence-electron chi connectivity index (χ2n) is 10.1. The second kappa shape index (κ2) is 8.50. The lowest BCUT2D eigenvalue weighted by atomic mass is 9.98. The molecule has 1 aromatic carbocycles. The van der Waals surface area contributed by atoms with E-state index in [9.17, 15) is 5.11 Å². The molecule has 0 saturated heterocycles. The molecule has 0 radical (unpaired) electrons. The molecule has 2 aromatic heterocycles. The molecule has 8 heteroatoms. The first-order valence-corrected chi connectivity index (χ1v) is 15.2. The summed E-state index contributed by atoms with van der Waals surface area (Å²) in [4.78, 5) is 9.16. The van der Waals surface area contributed by atoms with Crippen molar-refractivity contribution in [3.05, 3.63) is 47.9 Å². The third kappa shape index (κ3) is 4.39. The number of rotatable bonds is 8. The van der Waals surface area contributed by atoms with Gasteiger partial charge in [0.15, 0.2) is 0 Å². The standard InChI is InChI=1S/C24H32N4O3Si/c1-32(2,3)11-10-30-15-28-19(16-8-9-16)12-18-23(25-14-26-24(18)28)27-22-17-6-4-5-7-21(17)31-13-20(22)29/h4-7,12,14,16,20,22,29H,8-11,13,15H2,1-3H3,(H,25,26,27)/t20-,22-/m0/s1. The zero-order valence-electron chi connectivity index (χ0n) is 19.0. The summed E-state index contributed by atoms with van der Waals surface area (Å²) in [5.41, 5.74) is 3.09. The Bertz CT molecular complexity index is 1110. The second-order valence-corrected chi connectivity index (χ2v) is 15.7. The van der Waals surface area contributed by atoms with Crippen molar-refractivity contribution in [1.29, 1.82) is 0 Å². The molecule has 0 spiro atoms. The Morgan fingerprint density at radius 3 is 2.81 bits per heavy atom. The van der Waals surface area contributed by atoms with Crippen LogP contribution < -0.4 is 10.1 Å². The maximum absolute atomic E-state index is 10.7. The molecule has 2 aliphatic rings. The molecule has 0 bridgehead atoms. The molecule has 0 amide bonds. The summed E-state index contributed by atoms with van der Waals surface area (Å²) in [6, 6.07) is 10.9. The maximum Gasteiger partial charge on any atom is 0.147 e. The highest BCUT2D eigenvalue weighted by Gasteiger charge is 2.32. The Kier molecular flexibility index (Phi) is 5.69. The van der Waals surface area contributed by atoms with Crippen LogP contribution in [0.3, 0.4) is 0 Å². The van der Waals surface area contributed by atoms with Crippen LogP contribution in [0.4, 0.5) is 5.82 Å². The fourth-order valence-electron chi connectivity index (χ4n) is 4.25. The van der Waals surface area contributed by atoms with E-state index < -0.39 is 14.2 Å². The predicted octanol–water partition coefficient (Wildman–Crippen LogP) is 4.53. The number of nitrogens with one attached hydrogen (secondary N) is 1. The van der Waals surface area contributed by atoms with E-state index in [0.29, 0.717) is 12.6 Å². The molecular weight excluding hydrogens is 420 g/mol. The molecule has 2 atom stereocenters. The first-order valence-electron chi connectivity index (χ1n) is 11.5. The Morgan fingerprint density at radius 1 is 1.22 bits per heavy atom. The van der Waals surface area contributed by atoms with Crippen LogP contribution >= 0.6 is 0 Å². The number of benzene rings is 1. The summed E-state index contributed by atoms with van der Waals surface area (Å²) in [7, 11) is -1.13. The van der Waals surface area contributed by atoms with Gasteiger partial charge in [0.25, 0.3) is 0 Å². The molecule has 0 unspecified atom stereocenters. The Hall–Kier alpha value is -2.42. The predicted molar refractivity (Wildman–Crippen MR) is 128 cm³/mol. The molecular formula is C24H32N4O3Si. The zero-order chi connectivity index (χ0) is 22.3. The van der Waals surface area contributed by atoms with E-state index in [1.54, 1.807) is 6.33 Å². The smallest absolute Gasteiger partial charge is 0.147 e. The fourth-order valence-corrected chi connectivity index (χ4v) is 5.01. The molecule has 1 aliphatic carbocycles. The van der Waals surface area contributed by atoms with Crippen LogP contribution in [0.1, 0.15) is 36.1 Å². The van der Waals surface area contributed by atoms with Gasteiger partial charge in [-0.25, -0.2) is 9.97 Å². The topological polar surface area (TPSA) is 81.4 Å². The van der Waals surface area contributed by atoms with Gasteiger partial charge in [-0.15, -0.1) is 0 Å². The van der Waals surface area contributed by atoms with E-state index >= 15 is 0 Å². The first kappa shape index (κ1) is 21.4. The minimum Gasteiger partial charge on any atom is -0.490 e. The highest BCUT2D eigenvalue weighted by atomic mass is 28.3. The average molecular weight is 453 g/mol. The number of para-hydroxylation sites is 1. The third-order valence-electron chi connectivity index (χ3n) is 6.28. The van der Waals surface area contributed by atoms with E-state index in [0.717, 1.165) is 40.8 Å². The molecule has 3 heterocycles. The van der Waals surface area contributed by atoms with Gasteiger partial charge >= 0.3 is 0 Å². The molecule has 1 fully saturated rings. The van der Waals surface area contributed by atoms with Crippen molar-refractivity contribution in [3.63, 3.8) is 0 Å². The number of hydrogen-bond donors (Lipinski definition) is 2. The van der Waals surface area contributed by atoms with Crippen LogP contribution in [0.15, 0.2) is 36.7 Å². The zero-order valence-corrected chi connectivity index (χ0v) is 20.0. The highest BCUT2D eigenvalue weighted by molar-refractivity contribution is 6.76. The van der Waals surface area contributed by atoms with Crippen molar-refractivity contribution in [2.45, 2.75) is 63.3 Å². The summed E-state index contributed by atoms with van der Waals surface area (Å²) in [5, 5.41) is 15.1. The fraction of sp³-hybridized carbons (Fsp3) is 0.500. The quantitative estimate of drug-likeness (QED) is 0.386. The lowest BCUT2D eigenvalue weighted by molar-refractivity contribution is 0.0738. The minimum atomic E-state index is -1.13. The largest absolute Gasteiger partial charge is 0.490 e. The molecule has 1 aliphatic heterocycles. The van der Waals surface area contributed by atoms with Crippen LogP contribution in [-0.4, -0.2) is 47.0 Å². The van der Waals surface area contributed by atoms with Crippen molar-refractivity contribution >= 4 is 24.9 Å². The van der Waals surface area contributed by atoms with Gasteiger partial charge in [-0.3, -0.25) is 0 Å². The number of aliphatic hydroxyl groups excluding tert-OH is 1. The average Bonchev–Trinajstić information content (AvgIpc) is 3.54. The first-order chi connectivity index (χ1) is 15.4. The van der Waals surface area contributed by atoms with E-state index in [-0.39, 0.29) is 12.6 Å². The van der Waals surface area contributed by atoms with Crippen molar-refractivity contribution < 1.29 is 14.6 Å². The number of aromatic nitrogens is 3. The van der Waals surface area contributed by atoms with Crippen molar-refractivity contribution in [3.8, 4) is 5.75 Å². The van der Waals surface area contributed by atoms with Crippen molar-refractivity contribution in [2.24, 2.45) is 0 Å². The molecule has 5 rings (SSSR count). The van der Waals surface area contributed by atoms with E-state index in [1.165, 1.54) is 18.5 Å². The van der Waals surface area contributed by atoms with Crippen molar-refractivity contribution in [2.75, 3.05) is 18.5 Å². The Morgan fingerprint density at radius 2 is 2.03 bits per heavy atom. The van der Waals surface area contributed by atoms with Gasteiger partial charge in [0.05, 0.1) is 11.4 Å². The Balaban J connectivity index is 1.44. The van der Waals surface area contributed by atoms with Gasteiger partial charge in [-0.05, 0) is 36.9 Å². The van der Waals surface area contributed by atoms with E-state index in [4.69, 9.17) is 9.47 Å². The number of fused-ring (bicyclic) bond motifs is 2.